The van der Waals surface area contributed by atoms with Gasteiger partial charge in [-0.2, -0.15) is 11.8 Å². The van der Waals surface area contributed by atoms with Gasteiger partial charge in [-0.05, 0) is 43.0 Å². The maximum Gasteiger partial charge on any atom is 0.253 e. The van der Waals surface area contributed by atoms with Crippen LogP contribution in [0.25, 0.3) is 0 Å². The van der Waals surface area contributed by atoms with E-state index in [-0.39, 0.29) is 5.91 Å². The van der Waals surface area contributed by atoms with Gasteiger partial charge in [0.25, 0.3) is 5.91 Å². The molecule has 2 aromatic carbocycles. The summed E-state index contributed by atoms with van der Waals surface area (Å²) in [7, 11) is 0. The van der Waals surface area contributed by atoms with Crippen LogP contribution < -0.4 is 0 Å². The monoisotopic (exact) mass is 325 g/mol. The highest BCUT2D eigenvalue weighted by molar-refractivity contribution is 7.97. The van der Waals surface area contributed by atoms with Crippen LogP contribution in [0, 0.1) is 6.92 Å². The number of carbonyl (C=O) groups excluding carboxylic acids is 1. The van der Waals surface area contributed by atoms with Crippen molar-refractivity contribution in [2.45, 2.75) is 31.3 Å². The smallest absolute Gasteiger partial charge is 0.253 e. The largest absolute Gasteiger partial charge is 0.339 e. The Morgan fingerprint density at radius 2 is 1.43 bits per heavy atom. The zero-order valence-electron chi connectivity index (χ0n) is 13.6. The van der Waals surface area contributed by atoms with Gasteiger partial charge in [0.15, 0.2) is 0 Å². The molecule has 1 aliphatic rings. The first-order valence-electron chi connectivity index (χ1n) is 8.24. The lowest BCUT2D eigenvalue weighted by atomic mass is 10.1. The first kappa shape index (κ1) is 16.1. The van der Waals surface area contributed by atoms with Gasteiger partial charge in [0, 0.05) is 30.2 Å². The van der Waals surface area contributed by atoms with E-state index >= 15 is 0 Å². The summed E-state index contributed by atoms with van der Waals surface area (Å²) in [5.74, 6) is 2.18. The molecule has 0 spiro atoms. The van der Waals surface area contributed by atoms with Crippen LogP contribution in [0.2, 0.25) is 0 Å². The van der Waals surface area contributed by atoms with E-state index in [4.69, 9.17) is 0 Å². The van der Waals surface area contributed by atoms with Crippen LogP contribution in [0.15, 0.2) is 48.5 Å². The number of thioether (sulfide) groups is 1. The summed E-state index contributed by atoms with van der Waals surface area (Å²) >= 11 is 1.91. The molecule has 1 saturated heterocycles. The highest BCUT2D eigenvalue weighted by Crippen LogP contribution is 2.19. The molecule has 1 heterocycles. The Morgan fingerprint density at radius 1 is 0.913 bits per heavy atom. The third-order valence-corrected chi connectivity index (χ3v) is 5.33. The van der Waals surface area contributed by atoms with E-state index in [0.717, 1.165) is 43.0 Å². The Bertz CT molecular complexity index is 642. The molecule has 23 heavy (non-hydrogen) atoms. The van der Waals surface area contributed by atoms with Crippen LogP contribution >= 0.6 is 11.8 Å². The van der Waals surface area contributed by atoms with E-state index in [2.05, 4.69) is 43.3 Å². The van der Waals surface area contributed by atoms with E-state index < -0.39 is 0 Å². The molecule has 0 N–H and O–H groups in total. The van der Waals surface area contributed by atoms with Crippen molar-refractivity contribution in [1.82, 2.24) is 4.90 Å². The van der Waals surface area contributed by atoms with E-state index in [1.807, 2.05) is 28.8 Å². The summed E-state index contributed by atoms with van der Waals surface area (Å²) in [4.78, 5) is 14.3. The average Bonchev–Trinajstić information content (AvgIpc) is 3.11. The van der Waals surface area contributed by atoms with Crippen molar-refractivity contribution >= 4 is 17.7 Å². The van der Waals surface area contributed by atoms with Crippen LogP contribution in [-0.4, -0.2) is 23.9 Å². The molecule has 3 heteroatoms. The Morgan fingerprint density at radius 3 is 2.00 bits per heavy atom. The molecule has 120 valence electrons. The number of likely N-dealkylation sites (tertiary alicyclic amines) is 1. The van der Waals surface area contributed by atoms with Crippen molar-refractivity contribution in [2.75, 3.05) is 13.1 Å². The molecule has 0 radical (unpaired) electrons. The highest BCUT2D eigenvalue weighted by atomic mass is 32.2. The van der Waals surface area contributed by atoms with Crippen molar-refractivity contribution < 1.29 is 4.79 Å². The summed E-state index contributed by atoms with van der Waals surface area (Å²) in [6.45, 7) is 3.93. The maximum absolute atomic E-state index is 12.3. The topological polar surface area (TPSA) is 20.3 Å². The molecule has 2 aromatic rings. The predicted molar refractivity (Wildman–Crippen MR) is 97.8 cm³/mol. The molecule has 0 atom stereocenters. The number of benzene rings is 2. The summed E-state index contributed by atoms with van der Waals surface area (Å²) in [5.41, 5.74) is 4.76. The van der Waals surface area contributed by atoms with Gasteiger partial charge in [0.05, 0.1) is 0 Å². The summed E-state index contributed by atoms with van der Waals surface area (Å²) in [5, 5.41) is 0. The van der Waals surface area contributed by atoms with Crippen LogP contribution in [0.1, 0.15) is 39.9 Å². The Balaban J connectivity index is 1.51. The van der Waals surface area contributed by atoms with Gasteiger partial charge >= 0.3 is 0 Å². The summed E-state index contributed by atoms with van der Waals surface area (Å²) < 4.78 is 0. The molecule has 0 unspecified atom stereocenters. The van der Waals surface area contributed by atoms with Gasteiger partial charge < -0.3 is 4.90 Å². The predicted octanol–water partition coefficient (Wildman–Crippen LogP) is 4.66. The van der Waals surface area contributed by atoms with Crippen molar-refractivity contribution in [3.05, 3.63) is 70.8 Å². The van der Waals surface area contributed by atoms with Gasteiger partial charge in [-0.15, -0.1) is 0 Å². The fourth-order valence-electron chi connectivity index (χ4n) is 2.82. The number of hydrogen-bond donors (Lipinski definition) is 0. The lowest BCUT2D eigenvalue weighted by Gasteiger charge is -2.15. The van der Waals surface area contributed by atoms with E-state index in [0.29, 0.717) is 0 Å². The molecule has 3 rings (SSSR count). The molecular weight excluding hydrogens is 302 g/mol. The second-order valence-corrected chi connectivity index (χ2v) is 7.16. The minimum atomic E-state index is 0.182. The molecule has 0 saturated carbocycles. The molecule has 0 aliphatic carbocycles. The number of nitrogens with zero attached hydrogens (tertiary/aromatic N) is 1. The Labute approximate surface area is 142 Å². The van der Waals surface area contributed by atoms with Crippen LogP contribution in [-0.2, 0) is 11.5 Å². The average molecular weight is 325 g/mol. The van der Waals surface area contributed by atoms with Gasteiger partial charge in [0.2, 0.25) is 0 Å². The minimum Gasteiger partial charge on any atom is -0.339 e. The molecule has 2 nitrogen and oxygen atoms in total. The number of aryl methyl sites for hydroxylation is 1. The maximum atomic E-state index is 12.3. The second-order valence-electron chi connectivity index (χ2n) is 6.17. The van der Waals surface area contributed by atoms with Gasteiger partial charge in [-0.3, -0.25) is 4.79 Å². The first-order chi connectivity index (χ1) is 11.2. The van der Waals surface area contributed by atoms with Crippen LogP contribution in [0.4, 0.5) is 0 Å². The Hall–Kier alpha value is -1.74. The van der Waals surface area contributed by atoms with Crippen molar-refractivity contribution in [2.24, 2.45) is 0 Å². The van der Waals surface area contributed by atoms with Crippen molar-refractivity contribution in [1.29, 1.82) is 0 Å². The second kappa shape index (κ2) is 7.69. The number of rotatable bonds is 5. The fraction of sp³-hybridized carbons (Fsp3) is 0.350. The third kappa shape index (κ3) is 4.38. The standard InChI is InChI=1S/C20H23NOS/c1-16-4-6-17(7-5-16)14-23-15-18-8-10-19(11-9-18)20(22)21-12-2-3-13-21/h4-11H,2-3,12-15H2,1H3. The van der Waals surface area contributed by atoms with E-state index in [9.17, 15) is 4.79 Å². The van der Waals surface area contributed by atoms with Gasteiger partial charge in [-0.25, -0.2) is 0 Å². The molecule has 0 bridgehead atoms. The van der Waals surface area contributed by atoms with Crippen LogP contribution in [0.5, 0.6) is 0 Å². The Kier molecular flexibility index (Phi) is 5.39. The fourth-order valence-corrected chi connectivity index (χ4v) is 3.78. The molecule has 1 amide bonds. The van der Waals surface area contributed by atoms with E-state index in [1.54, 1.807) is 0 Å². The zero-order valence-corrected chi connectivity index (χ0v) is 14.4. The third-order valence-electron chi connectivity index (χ3n) is 4.25. The number of amides is 1. The highest BCUT2D eigenvalue weighted by Gasteiger charge is 2.18. The molecular formula is C20H23NOS. The van der Waals surface area contributed by atoms with Crippen LogP contribution in [0.3, 0.4) is 0 Å². The van der Waals surface area contributed by atoms with Crippen molar-refractivity contribution in [3.8, 4) is 0 Å². The minimum absolute atomic E-state index is 0.182. The summed E-state index contributed by atoms with van der Waals surface area (Å²) in [6.07, 6.45) is 2.28. The number of hydrogen-bond acceptors (Lipinski definition) is 2. The normalized spacial score (nSPS) is 14.2. The first-order valence-corrected chi connectivity index (χ1v) is 9.39. The number of carbonyl (C=O) groups is 1. The van der Waals surface area contributed by atoms with Gasteiger partial charge in [0.1, 0.15) is 0 Å². The molecule has 0 aromatic heterocycles. The zero-order chi connectivity index (χ0) is 16.1. The van der Waals surface area contributed by atoms with Gasteiger partial charge in [-0.1, -0.05) is 42.0 Å². The van der Waals surface area contributed by atoms with Crippen molar-refractivity contribution in [3.63, 3.8) is 0 Å². The quantitative estimate of drug-likeness (QED) is 0.796. The summed E-state index contributed by atoms with van der Waals surface area (Å²) in [6, 6.07) is 16.8. The SMILES string of the molecule is Cc1ccc(CSCc2ccc(C(=O)N3CCCC3)cc2)cc1. The molecule has 1 aliphatic heterocycles. The van der Waals surface area contributed by atoms with E-state index in [1.165, 1.54) is 16.7 Å². The lowest BCUT2D eigenvalue weighted by molar-refractivity contribution is 0.0793. The molecule has 1 fully saturated rings. The lowest BCUT2D eigenvalue weighted by Crippen LogP contribution is -2.27.